The number of primary amides is 1. The lowest BCUT2D eigenvalue weighted by atomic mass is 9.98. The lowest BCUT2D eigenvalue weighted by Crippen LogP contribution is -2.54. The molecule has 2 heterocycles. The van der Waals surface area contributed by atoms with Crippen molar-refractivity contribution in [1.29, 1.82) is 0 Å². The summed E-state index contributed by atoms with van der Waals surface area (Å²) in [4.78, 5) is 50.0. The average Bonchev–Trinajstić information content (AvgIpc) is 3.22. The number of hydrogen-bond acceptors (Lipinski definition) is 5. The lowest BCUT2D eigenvalue weighted by Gasteiger charge is -2.26. The second-order valence-corrected chi connectivity index (χ2v) is 7.59. The van der Waals surface area contributed by atoms with Crippen LogP contribution in [0.3, 0.4) is 0 Å². The van der Waals surface area contributed by atoms with Crippen LogP contribution in [0, 0.1) is 11.8 Å². The van der Waals surface area contributed by atoms with E-state index in [1.807, 2.05) is 0 Å². The number of carbonyl (C=O) groups excluding carboxylic acids is 4. The zero-order valence-corrected chi connectivity index (χ0v) is 17.2. The fourth-order valence-electron chi connectivity index (χ4n) is 3.70. The molecule has 1 saturated heterocycles. The number of benzene rings is 2. The summed E-state index contributed by atoms with van der Waals surface area (Å²) in [5.74, 6) is 4.95. The van der Waals surface area contributed by atoms with Crippen molar-refractivity contribution in [3.8, 4) is 17.6 Å². The maximum absolute atomic E-state index is 12.9. The molecule has 0 bridgehead atoms. The van der Waals surface area contributed by atoms with Crippen molar-refractivity contribution >= 4 is 23.8 Å². The Morgan fingerprint density at radius 1 is 1.19 bits per heavy atom. The molecule has 32 heavy (non-hydrogen) atoms. The first kappa shape index (κ1) is 20.9. The van der Waals surface area contributed by atoms with E-state index in [1.54, 1.807) is 42.5 Å². The topological polar surface area (TPSA) is 131 Å². The normalized spacial score (nSPS) is 19.0. The molecule has 0 radical (unpaired) electrons. The van der Waals surface area contributed by atoms with Gasteiger partial charge in [0.1, 0.15) is 5.75 Å². The molecule has 2 aliphatic heterocycles. The Hall–Kier alpha value is -4.32. The molecule has 9 heteroatoms. The zero-order valence-electron chi connectivity index (χ0n) is 17.2. The Morgan fingerprint density at radius 2 is 1.94 bits per heavy atom. The smallest absolute Gasteiger partial charge is 0.323 e. The summed E-state index contributed by atoms with van der Waals surface area (Å²) in [6.45, 7) is 0.166. The van der Waals surface area contributed by atoms with Crippen LogP contribution in [-0.2, 0) is 22.6 Å². The van der Waals surface area contributed by atoms with Crippen molar-refractivity contribution in [2.24, 2.45) is 5.73 Å². The summed E-state index contributed by atoms with van der Waals surface area (Å²) < 4.78 is 5.18. The number of rotatable bonds is 5. The van der Waals surface area contributed by atoms with Gasteiger partial charge in [0.05, 0.1) is 20.1 Å². The molecular weight excluding hydrogens is 412 g/mol. The number of nitrogens with two attached hydrogens (primary N) is 1. The van der Waals surface area contributed by atoms with Crippen molar-refractivity contribution in [2.75, 3.05) is 13.7 Å². The van der Waals surface area contributed by atoms with Gasteiger partial charge in [-0.1, -0.05) is 30.0 Å². The van der Waals surface area contributed by atoms with Gasteiger partial charge in [0, 0.05) is 17.7 Å². The highest BCUT2D eigenvalue weighted by Crippen LogP contribution is 2.28. The molecule has 1 fully saturated rings. The van der Waals surface area contributed by atoms with Gasteiger partial charge in [-0.05, 0) is 35.4 Å². The number of ether oxygens (including phenoxy) is 1. The van der Waals surface area contributed by atoms with E-state index in [0.29, 0.717) is 16.9 Å². The monoisotopic (exact) mass is 432 g/mol. The van der Waals surface area contributed by atoms with Gasteiger partial charge >= 0.3 is 6.03 Å². The van der Waals surface area contributed by atoms with E-state index >= 15 is 0 Å². The molecule has 0 aromatic heterocycles. The molecule has 0 saturated carbocycles. The molecule has 162 valence electrons. The molecule has 1 atom stereocenters. The van der Waals surface area contributed by atoms with Crippen LogP contribution in [0.15, 0.2) is 42.5 Å². The fraction of sp³-hybridized carbons (Fsp3) is 0.217. The molecule has 2 aliphatic rings. The van der Waals surface area contributed by atoms with E-state index in [1.165, 1.54) is 12.0 Å². The van der Waals surface area contributed by atoms with Crippen LogP contribution >= 0.6 is 0 Å². The van der Waals surface area contributed by atoms with Crippen LogP contribution in [0.2, 0.25) is 0 Å². The third-order valence-corrected chi connectivity index (χ3v) is 5.32. The maximum Gasteiger partial charge on any atom is 0.323 e. The van der Waals surface area contributed by atoms with Crippen molar-refractivity contribution in [3.05, 3.63) is 64.7 Å². The Labute approximate surface area is 183 Å². The Kier molecular flexibility index (Phi) is 5.28. The van der Waals surface area contributed by atoms with Crippen LogP contribution < -0.4 is 21.1 Å². The standard InChI is InChI=1S/C23H20N4O5/c1-32-17-7-6-16-12-27(20(29)18(16)11-17)13-23(21(30)25-22(31)26-23)9-8-14-2-4-15(5-3-14)10-19(24)28/h2-7,11H,10,12-13H2,1H3,(H2,24,28)(H2,25,26,30,31). The summed E-state index contributed by atoms with van der Waals surface area (Å²) in [5, 5.41) is 4.77. The van der Waals surface area contributed by atoms with E-state index in [9.17, 15) is 19.2 Å². The van der Waals surface area contributed by atoms with Gasteiger partial charge in [0.2, 0.25) is 11.4 Å². The van der Waals surface area contributed by atoms with Crippen LogP contribution in [-0.4, -0.2) is 47.8 Å². The first-order chi connectivity index (χ1) is 15.3. The minimum absolute atomic E-state index is 0.110. The predicted molar refractivity (Wildman–Crippen MR) is 113 cm³/mol. The number of carbonyl (C=O) groups is 4. The summed E-state index contributed by atoms with van der Waals surface area (Å²) in [7, 11) is 1.52. The SMILES string of the molecule is COc1ccc2c(c1)C(=O)N(CC1(C#Cc3ccc(CC(N)=O)cc3)NC(=O)NC1=O)C2. The van der Waals surface area contributed by atoms with Gasteiger partial charge in [-0.15, -0.1) is 0 Å². The first-order valence-electron chi connectivity index (χ1n) is 9.80. The predicted octanol–water partition coefficient (Wildman–Crippen LogP) is 0.309. The first-order valence-corrected chi connectivity index (χ1v) is 9.80. The van der Waals surface area contributed by atoms with Crippen LogP contribution in [0.5, 0.6) is 5.75 Å². The number of methoxy groups -OCH3 is 1. The highest BCUT2D eigenvalue weighted by Gasteiger charge is 2.48. The van der Waals surface area contributed by atoms with Gasteiger partial charge in [-0.3, -0.25) is 19.7 Å². The van der Waals surface area contributed by atoms with Crippen molar-refractivity contribution < 1.29 is 23.9 Å². The van der Waals surface area contributed by atoms with Gasteiger partial charge in [0.25, 0.3) is 11.8 Å². The number of nitrogens with one attached hydrogen (secondary N) is 2. The molecule has 4 N–H and O–H groups in total. The highest BCUT2D eigenvalue weighted by atomic mass is 16.5. The van der Waals surface area contributed by atoms with Crippen LogP contribution in [0.25, 0.3) is 0 Å². The Bertz CT molecular complexity index is 1200. The minimum Gasteiger partial charge on any atom is -0.497 e. The zero-order chi connectivity index (χ0) is 22.9. The fourth-order valence-corrected chi connectivity index (χ4v) is 3.70. The summed E-state index contributed by atoms with van der Waals surface area (Å²) in [5.41, 5.74) is 6.20. The molecule has 1 unspecified atom stereocenters. The van der Waals surface area contributed by atoms with E-state index in [4.69, 9.17) is 10.5 Å². The van der Waals surface area contributed by atoms with Gasteiger partial charge in [-0.25, -0.2) is 4.79 Å². The van der Waals surface area contributed by atoms with E-state index < -0.39 is 23.4 Å². The highest BCUT2D eigenvalue weighted by molar-refractivity contribution is 6.10. The Balaban J connectivity index is 1.60. The largest absolute Gasteiger partial charge is 0.497 e. The molecule has 4 rings (SSSR count). The number of hydrogen-bond donors (Lipinski definition) is 3. The molecule has 0 aliphatic carbocycles. The van der Waals surface area contributed by atoms with Crippen molar-refractivity contribution in [2.45, 2.75) is 18.5 Å². The minimum atomic E-state index is -1.59. The summed E-state index contributed by atoms with van der Waals surface area (Å²) in [6, 6.07) is 11.3. The molecular formula is C23H20N4O5. The molecule has 2 aromatic rings. The second kappa shape index (κ2) is 8.07. The molecule has 9 nitrogen and oxygen atoms in total. The number of fused-ring (bicyclic) bond motifs is 1. The van der Waals surface area contributed by atoms with Gasteiger partial charge < -0.3 is 20.7 Å². The number of nitrogens with zero attached hydrogens (tertiary/aromatic N) is 1. The summed E-state index contributed by atoms with van der Waals surface area (Å²) in [6.07, 6.45) is 0.110. The maximum atomic E-state index is 12.9. The van der Waals surface area contributed by atoms with Crippen LogP contribution in [0.1, 0.15) is 27.0 Å². The number of amides is 5. The molecule has 2 aromatic carbocycles. The molecule has 0 spiro atoms. The quantitative estimate of drug-likeness (QED) is 0.462. The van der Waals surface area contributed by atoms with E-state index in [2.05, 4.69) is 22.5 Å². The van der Waals surface area contributed by atoms with Gasteiger partial charge in [0.15, 0.2) is 0 Å². The third-order valence-electron chi connectivity index (χ3n) is 5.32. The number of imide groups is 1. The van der Waals surface area contributed by atoms with Crippen LogP contribution in [0.4, 0.5) is 4.79 Å². The van der Waals surface area contributed by atoms with Crippen molar-refractivity contribution in [3.63, 3.8) is 0 Å². The van der Waals surface area contributed by atoms with E-state index in [-0.39, 0.29) is 25.4 Å². The summed E-state index contributed by atoms with van der Waals surface area (Å²) >= 11 is 0. The average molecular weight is 432 g/mol. The lowest BCUT2D eigenvalue weighted by molar-refractivity contribution is -0.122. The second-order valence-electron chi connectivity index (χ2n) is 7.59. The Morgan fingerprint density at radius 3 is 2.56 bits per heavy atom. The van der Waals surface area contributed by atoms with Crippen molar-refractivity contribution in [1.82, 2.24) is 15.5 Å². The molecule has 5 amide bonds. The number of urea groups is 1. The van der Waals surface area contributed by atoms with Gasteiger partial charge in [-0.2, -0.15) is 0 Å². The third kappa shape index (κ3) is 3.98. The van der Waals surface area contributed by atoms with E-state index in [0.717, 1.165) is 11.1 Å².